The Morgan fingerprint density at radius 3 is 2.12 bits per heavy atom. The summed E-state index contributed by atoms with van der Waals surface area (Å²) < 4.78 is 1.67. The molecule has 0 aliphatic carbocycles. The molecular formula is C24H22N6O2. The fraction of sp³-hybridized carbons (Fsp3) is 0.0833. The lowest BCUT2D eigenvalue weighted by Crippen LogP contribution is -2.26. The molecule has 1 aromatic heterocycles. The lowest BCUT2D eigenvalue weighted by molar-refractivity contribution is 0.0940. The van der Waals surface area contributed by atoms with E-state index in [2.05, 4.69) is 26.0 Å². The predicted octanol–water partition coefficient (Wildman–Crippen LogP) is 4.40. The van der Waals surface area contributed by atoms with E-state index >= 15 is 0 Å². The van der Waals surface area contributed by atoms with Gasteiger partial charge in [0.1, 0.15) is 12.7 Å². The summed E-state index contributed by atoms with van der Waals surface area (Å²) in [7, 11) is 0. The van der Waals surface area contributed by atoms with Gasteiger partial charge in [0.15, 0.2) is 0 Å². The number of urea groups is 1. The molecule has 0 radical (unpaired) electrons. The molecule has 32 heavy (non-hydrogen) atoms. The average Bonchev–Trinajstić information content (AvgIpc) is 3.35. The van der Waals surface area contributed by atoms with Crippen LogP contribution in [0.5, 0.6) is 0 Å². The first kappa shape index (κ1) is 20.8. The van der Waals surface area contributed by atoms with Gasteiger partial charge in [0.25, 0.3) is 5.91 Å². The number of hydrogen-bond donors (Lipinski definition) is 3. The van der Waals surface area contributed by atoms with Crippen molar-refractivity contribution in [2.24, 2.45) is 0 Å². The van der Waals surface area contributed by atoms with E-state index in [-0.39, 0.29) is 18.0 Å². The van der Waals surface area contributed by atoms with Gasteiger partial charge >= 0.3 is 6.03 Å². The third kappa shape index (κ3) is 5.17. The average molecular weight is 426 g/mol. The molecule has 160 valence electrons. The molecule has 1 atom stereocenters. The molecule has 0 aliphatic rings. The third-order valence-corrected chi connectivity index (χ3v) is 4.86. The van der Waals surface area contributed by atoms with Crippen LogP contribution in [0.2, 0.25) is 0 Å². The zero-order valence-corrected chi connectivity index (χ0v) is 17.4. The van der Waals surface area contributed by atoms with Crippen molar-refractivity contribution in [1.29, 1.82) is 0 Å². The summed E-state index contributed by atoms with van der Waals surface area (Å²) in [6.07, 6.45) is 3.11. The molecule has 0 fully saturated rings. The van der Waals surface area contributed by atoms with Crippen molar-refractivity contribution < 1.29 is 9.59 Å². The Bertz CT molecular complexity index is 1170. The second-order valence-electron chi connectivity index (χ2n) is 7.15. The number of hydrogen-bond acceptors (Lipinski definition) is 4. The van der Waals surface area contributed by atoms with Gasteiger partial charge in [-0.2, -0.15) is 5.10 Å². The molecule has 0 saturated carbocycles. The number of anilines is 2. The van der Waals surface area contributed by atoms with Crippen molar-refractivity contribution in [1.82, 2.24) is 20.1 Å². The van der Waals surface area contributed by atoms with Crippen LogP contribution in [0.15, 0.2) is 91.5 Å². The van der Waals surface area contributed by atoms with Crippen LogP contribution < -0.4 is 16.0 Å². The second kappa shape index (κ2) is 9.57. The molecule has 0 spiro atoms. The second-order valence-corrected chi connectivity index (χ2v) is 7.15. The molecule has 1 heterocycles. The van der Waals surface area contributed by atoms with Crippen LogP contribution in [-0.4, -0.2) is 26.7 Å². The fourth-order valence-electron chi connectivity index (χ4n) is 3.14. The van der Waals surface area contributed by atoms with Crippen LogP contribution in [-0.2, 0) is 0 Å². The first-order chi connectivity index (χ1) is 15.6. The maximum absolute atomic E-state index is 12.6. The van der Waals surface area contributed by atoms with Crippen LogP contribution in [0.4, 0.5) is 16.2 Å². The molecule has 0 saturated heterocycles. The van der Waals surface area contributed by atoms with Gasteiger partial charge in [-0.15, -0.1) is 0 Å². The predicted molar refractivity (Wildman–Crippen MR) is 123 cm³/mol. The lowest BCUT2D eigenvalue weighted by atomic mass is 10.1. The van der Waals surface area contributed by atoms with E-state index in [1.165, 1.54) is 6.33 Å². The number of nitrogens with zero attached hydrogens (tertiary/aromatic N) is 3. The molecule has 8 heteroatoms. The van der Waals surface area contributed by atoms with E-state index in [1.807, 2.05) is 49.4 Å². The number of rotatable bonds is 6. The molecule has 4 rings (SSSR count). The Kier molecular flexibility index (Phi) is 6.22. The molecular weight excluding hydrogens is 404 g/mol. The fourth-order valence-corrected chi connectivity index (χ4v) is 3.14. The number of nitrogens with one attached hydrogen (secondary N) is 3. The van der Waals surface area contributed by atoms with E-state index < -0.39 is 0 Å². The standard InChI is InChI=1S/C24H22N6O2/c1-17(18-9-13-22(14-10-18)30-16-25-15-26-30)27-23(31)19-7-11-21(12-8-19)29-24(32)28-20-5-3-2-4-6-20/h2-17H,1H3,(H,27,31)(H2,28,29,32). The molecule has 3 aromatic carbocycles. The van der Waals surface area contributed by atoms with Gasteiger partial charge in [-0.25, -0.2) is 14.5 Å². The molecule has 0 aliphatic heterocycles. The summed E-state index contributed by atoms with van der Waals surface area (Å²) in [5, 5.41) is 12.6. The minimum absolute atomic E-state index is 0.179. The number of aromatic nitrogens is 3. The third-order valence-electron chi connectivity index (χ3n) is 4.86. The number of para-hydroxylation sites is 1. The van der Waals surface area contributed by atoms with Crippen molar-refractivity contribution in [2.45, 2.75) is 13.0 Å². The maximum atomic E-state index is 12.6. The number of carbonyl (C=O) groups is 2. The van der Waals surface area contributed by atoms with Gasteiger partial charge in [-0.05, 0) is 61.0 Å². The number of benzene rings is 3. The van der Waals surface area contributed by atoms with Crippen LogP contribution in [0.3, 0.4) is 0 Å². The van der Waals surface area contributed by atoms with E-state index in [4.69, 9.17) is 0 Å². The largest absolute Gasteiger partial charge is 0.346 e. The van der Waals surface area contributed by atoms with Crippen LogP contribution >= 0.6 is 0 Å². The number of carbonyl (C=O) groups excluding carboxylic acids is 2. The van der Waals surface area contributed by atoms with Crippen LogP contribution in [0, 0.1) is 0 Å². The topological polar surface area (TPSA) is 101 Å². The molecule has 1 unspecified atom stereocenters. The van der Waals surface area contributed by atoms with E-state index in [0.717, 1.165) is 11.3 Å². The summed E-state index contributed by atoms with van der Waals surface area (Å²) >= 11 is 0. The Balaban J connectivity index is 1.32. The first-order valence-corrected chi connectivity index (χ1v) is 10.1. The molecule has 0 bridgehead atoms. The highest BCUT2D eigenvalue weighted by Crippen LogP contribution is 2.17. The highest BCUT2D eigenvalue weighted by atomic mass is 16.2. The summed E-state index contributed by atoms with van der Waals surface area (Å²) in [5.41, 5.74) is 3.66. The van der Waals surface area contributed by atoms with E-state index in [1.54, 1.807) is 47.4 Å². The smallest absolute Gasteiger partial charge is 0.323 e. The Morgan fingerprint density at radius 1 is 0.844 bits per heavy atom. The molecule has 3 amide bonds. The zero-order chi connectivity index (χ0) is 22.3. The molecule has 8 nitrogen and oxygen atoms in total. The van der Waals surface area contributed by atoms with E-state index in [0.29, 0.717) is 16.9 Å². The maximum Gasteiger partial charge on any atom is 0.323 e. The van der Waals surface area contributed by atoms with Gasteiger partial charge in [-0.3, -0.25) is 4.79 Å². The van der Waals surface area contributed by atoms with Crippen molar-refractivity contribution in [3.05, 3.63) is 103 Å². The molecule has 3 N–H and O–H groups in total. The van der Waals surface area contributed by atoms with Gasteiger partial charge in [0.2, 0.25) is 0 Å². The summed E-state index contributed by atoms with van der Waals surface area (Å²) in [5.74, 6) is -0.196. The van der Waals surface area contributed by atoms with Crippen LogP contribution in [0.1, 0.15) is 28.9 Å². The van der Waals surface area contributed by atoms with Crippen molar-refractivity contribution in [2.75, 3.05) is 10.6 Å². The Hall–Kier alpha value is -4.46. The summed E-state index contributed by atoms with van der Waals surface area (Å²) in [6, 6.07) is 23.1. The van der Waals surface area contributed by atoms with Gasteiger partial charge in [0.05, 0.1) is 11.7 Å². The summed E-state index contributed by atoms with van der Waals surface area (Å²) in [4.78, 5) is 28.7. The number of amides is 3. The first-order valence-electron chi connectivity index (χ1n) is 10.1. The quantitative estimate of drug-likeness (QED) is 0.425. The van der Waals surface area contributed by atoms with Gasteiger partial charge in [-0.1, -0.05) is 30.3 Å². The van der Waals surface area contributed by atoms with Crippen molar-refractivity contribution in [3.63, 3.8) is 0 Å². The molecule has 4 aromatic rings. The van der Waals surface area contributed by atoms with E-state index in [9.17, 15) is 9.59 Å². The monoisotopic (exact) mass is 426 g/mol. The zero-order valence-electron chi connectivity index (χ0n) is 17.4. The minimum Gasteiger partial charge on any atom is -0.346 e. The highest BCUT2D eigenvalue weighted by molar-refractivity contribution is 6.00. The van der Waals surface area contributed by atoms with Gasteiger partial charge < -0.3 is 16.0 Å². The van der Waals surface area contributed by atoms with Gasteiger partial charge in [0, 0.05) is 16.9 Å². The Labute approximate surface area is 185 Å². The highest BCUT2D eigenvalue weighted by Gasteiger charge is 2.12. The minimum atomic E-state index is -0.351. The van der Waals surface area contributed by atoms with Crippen LogP contribution in [0.25, 0.3) is 5.69 Å². The SMILES string of the molecule is CC(NC(=O)c1ccc(NC(=O)Nc2ccccc2)cc1)c1ccc(-n2cncn2)cc1. The Morgan fingerprint density at radius 2 is 1.50 bits per heavy atom. The normalized spacial score (nSPS) is 11.4. The summed E-state index contributed by atoms with van der Waals surface area (Å²) in [6.45, 7) is 1.92. The lowest BCUT2D eigenvalue weighted by Gasteiger charge is -2.15. The van der Waals surface area contributed by atoms with Crippen molar-refractivity contribution in [3.8, 4) is 5.69 Å². The van der Waals surface area contributed by atoms with Crippen molar-refractivity contribution >= 4 is 23.3 Å².